The number of anilines is 1. The van der Waals surface area contributed by atoms with Gasteiger partial charge in [-0.05, 0) is 31.4 Å². The number of amides is 3. The minimum absolute atomic E-state index is 0.0341. The van der Waals surface area contributed by atoms with Crippen molar-refractivity contribution in [1.82, 2.24) is 15.2 Å². The molecular weight excluding hydrogens is 346 g/mol. The van der Waals surface area contributed by atoms with Crippen LogP contribution in [0.2, 0.25) is 5.02 Å². The Hall–Kier alpha value is -2.19. The fourth-order valence-electron chi connectivity index (χ4n) is 2.83. The van der Waals surface area contributed by atoms with E-state index in [1.807, 2.05) is 0 Å². The fourth-order valence-corrected chi connectivity index (χ4v) is 2.94. The molecule has 2 rings (SSSR count). The summed E-state index contributed by atoms with van der Waals surface area (Å²) in [6.07, 6.45) is 3.01. The van der Waals surface area contributed by atoms with Crippen LogP contribution in [0.3, 0.4) is 0 Å². The molecule has 4 N–H and O–H groups in total. The predicted molar refractivity (Wildman–Crippen MR) is 93.8 cm³/mol. The third-order valence-corrected chi connectivity index (χ3v) is 4.40. The van der Waals surface area contributed by atoms with Crippen molar-refractivity contribution in [3.8, 4) is 0 Å². The summed E-state index contributed by atoms with van der Waals surface area (Å²) in [6.45, 7) is 0. The van der Waals surface area contributed by atoms with E-state index in [1.165, 1.54) is 12.3 Å². The van der Waals surface area contributed by atoms with Gasteiger partial charge in [0.25, 0.3) is 0 Å². The molecule has 136 valence electrons. The van der Waals surface area contributed by atoms with Crippen LogP contribution in [0.4, 0.5) is 5.82 Å². The van der Waals surface area contributed by atoms with Crippen LogP contribution >= 0.6 is 11.6 Å². The first-order valence-corrected chi connectivity index (χ1v) is 8.36. The molecule has 0 radical (unpaired) electrons. The number of pyridine rings is 1. The Morgan fingerprint density at radius 2 is 1.96 bits per heavy atom. The van der Waals surface area contributed by atoms with Gasteiger partial charge >= 0.3 is 11.8 Å². The van der Waals surface area contributed by atoms with Gasteiger partial charge in [-0.3, -0.25) is 14.4 Å². The van der Waals surface area contributed by atoms with Crippen molar-refractivity contribution in [2.24, 2.45) is 11.7 Å². The lowest BCUT2D eigenvalue weighted by molar-refractivity contribution is -0.137. The van der Waals surface area contributed by atoms with Crippen LogP contribution in [0.1, 0.15) is 19.3 Å². The second kappa shape index (κ2) is 8.26. The van der Waals surface area contributed by atoms with Crippen molar-refractivity contribution in [2.75, 3.05) is 19.4 Å². The Morgan fingerprint density at radius 3 is 2.52 bits per heavy atom. The predicted octanol–water partition coefficient (Wildman–Crippen LogP) is 0.374. The highest BCUT2D eigenvalue weighted by Crippen LogP contribution is 2.25. The van der Waals surface area contributed by atoms with E-state index in [0.29, 0.717) is 24.3 Å². The maximum absolute atomic E-state index is 12.0. The summed E-state index contributed by atoms with van der Waals surface area (Å²) in [7, 11) is 3.41. The zero-order chi connectivity index (χ0) is 18.6. The van der Waals surface area contributed by atoms with Gasteiger partial charge in [0.2, 0.25) is 5.91 Å². The molecule has 1 fully saturated rings. The molecule has 0 spiro atoms. The molecule has 0 saturated heterocycles. The van der Waals surface area contributed by atoms with Gasteiger partial charge in [-0.2, -0.15) is 0 Å². The largest absolute Gasteiger partial charge is 0.349 e. The summed E-state index contributed by atoms with van der Waals surface area (Å²) < 4.78 is 0. The van der Waals surface area contributed by atoms with E-state index in [9.17, 15) is 14.4 Å². The molecule has 1 unspecified atom stereocenters. The molecule has 1 heterocycles. The summed E-state index contributed by atoms with van der Waals surface area (Å²) in [5.41, 5.74) is 6.08. The summed E-state index contributed by atoms with van der Waals surface area (Å²) in [6, 6.07) is 2.33. The van der Waals surface area contributed by atoms with Crippen LogP contribution < -0.4 is 16.4 Å². The van der Waals surface area contributed by atoms with E-state index in [4.69, 9.17) is 17.3 Å². The van der Waals surface area contributed by atoms with E-state index in [0.717, 1.165) is 0 Å². The molecule has 0 aliphatic heterocycles. The van der Waals surface area contributed by atoms with E-state index >= 15 is 0 Å². The number of hydrogen-bond donors (Lipinski definition) is 3. The maximum Gasteiger partial charge on any atom is 0.314 e. The van der Waals surface area contributed by atoms with Gasteiger partial charge in [-0.15, -0.1) is 0 Å². The van der Waals surface area contributed by atoms with Gasteiger partial charge < -0.3 is 21.3 Å². The van der Waals surface area contributed by atoms with Crippen LogP contribution in [0.15, 0.2) is 18.3 Å². The van der Waals surface area contributed by atoms with Crippen molar-refractivity contribution < 1.29 is 14.4 Å². The van der Waals surface area contributed by atoms with Gasteiger partial charge in [-0.1, -0.05) is 11.6 Å². The quantitative estimate of drug-likeness (QED) is 0.667. The molecule has 9 heteroatoms. The zero-order valence-corrected chi connectivity index (χ0v) is 14.9. The van der Waals surface area contributed by atoms with Crippen molar-refractivity contribution in [3.63, 3.8) is 0 Å². The zero-order valence-electron chi connectivity index (χ0n) is 14.2. The minimum Gasteiger partial charge on any atom is -0.349 e. The molecular formula is C16H22ClN5O3. The molecule has 1 aromatic rings. The average molecular weight is 368 g/mol. The first kappa shape index (κ1) is 19.1. The molecule has 1 aromatic heterocycles. The van der Waals surface area contributed by atoms with Crippen LogP contribution in [0, 0.1) is 5.92 Å². The van der Waals surface area contributed by atoms with E-state index in [2.05, 4.69) is 15.6 Å². The van der Waals surface area contributed by atoms with Crippen molar-refractivity contribution in [3.05, 3.63) is 23.4 Å². The SMILES string of the molecule is CN(C)C(=O)C1CC[C@@H](NC(=O)C(=O)Nc2ccc(Cl)cn2)[C@@H](N)C1. The lowest BCUT2D eigenvalue weighted by Crippen LogP contribution is -2.54. The molecule has 1 aliphatic carbocycles. The average Bonchev–Trinajstić information content (AvgIpc) is 2.57. The standard InChI is InChI=1S/C16H22ClN5O3/c1-22(2)16(25)9-3-5-12(11(18)7-9)20-14(23)15(24)21-13-6-4-10(17)8-19-13/h4,6,8-9,11-12H,3,5,7,18H2,1-2H3,(H,20,23)(H,19,21,24)/t9?,11-,12+/m0/s1. The van der Waals surface area contributed by atoms with Crippen molar-refractivity contribution in [1.29, 1.82) is 0 Å². The van der Waals surface area contributed by atoms with Crippen LogP contribution in [-0.2, 0) is 14.4 Å². The highest BCUT2D eigenvalue weighted by atomic mass is 35.5. The number of rotatable bonds is 3. The normalized spacial score (nSPS) is 22.8. The number of halogens is 1. The monoisotopic (exact) mass is 367 g/mol. The number of nitrogens with zero attached hydrogens (tertiary/aromatic N) is 2. The Labute approximate surface area is 151 Å². The van der Waals surface area contributed by atoms with Crippen molar-refractivity contribution in [2.45, 2.75) is 31.3 Å². The molecule has 3 amide bonds. The molecule has 1 aliphatic rings. The third kappa shape index (κ3) is 5.14. The van der Waals surface area contributed by atoms with E-state index in [-0.39, 0.29) is 29.7 Å². The topological polar surface area (TPSA) is 117 Å². The number of nitrogens with two attached hydrogens (primary N) is 1. The summed E-state index contributed by atoms with van der Waals surface area (Å²) in [5.74, 6) is -1.49. The molecule has 8 nitrogen and oxygen atoms in total. The Balaban J connectivity index is 1.87. The number of hydrogen-bond acceptors (Lipinski definition) is 5. The van der Waals surface area contributed by atoms with E-state index < -0.39 is 11.8 Å². The molecule has 3 atom stereocenters. The lowest BCUT2D eigenvalue weighted by atomic mass is 9.82. The Morgan fingerprint density at radius 1 is 1.24 bits per heavy atom. The Kier molecular flexibility index (Phi) is 6.33. The van der Waals surface area contributed by atoms with Crippen molar-refractivity contribution >= 4 is 35.1 Å². The maximum atomic E-state index is 12.0. The molecule has 25 heavy (non-hydrogen) atoms. The van der Waals surface area contributed by atoms with Crippen LogP contribution in [0.5, 0.6) is 0 Å². The molecule has 0 bridgehead atoms. The number of nitrogens with one attached hydrogen (secondary N) is 2. The summed E-state index contributed by atoms with van der Waals surface area (Å²) in [4.78, 5) is 41.4. The molecule has 0 aromatic carbocycles. The summed E-state index contributed by atoms with van der Waals surface area (Å²) in [5, 5.41) is 5.46. The highest BCUT2D eigenvalue weighted by Gasteiger charge is 2.34. The first-order chi connectivity index (χ1) is 11.8. The van der Waals surface area contributed by atoms with Crippen LogP contribution in [0.25, 0.3) is 0 Å². The summed E-state index contributed by atoms with van der Waals surface area (Å²) >= 11 is 5.71. The third-order valence-electron chi connectivity index (χ3n) is 4.18. The Bertz CT molecular complexity index is 650. The van der Waals surface area contributed by atoms with Gasteiger partial charge in [0.15, 0.2) is 0 Å². The van der Waals surface area contributed by atoms with Gasteiger partial charge in [0, 0.05) is 38.3 Å². The van der Waals surface area contributed by atoms with Crippen LogP contribution in [-0.4, -0.2) is 53.8 Å². The molecule has 1 saturated carbocycles. The highest BCUT2D eigenvalue weighted by molar-refractivity contribution is 6.39. The number of carbonyl (C=O) groups is 3. The van der Waals surface area contributed by atoms with Gasteiger partial charge in [0.05, 0.1) is 5.02 Å². The number of carbonyl (C=O) groups excluding carboxylic acids is 3. The number of aromatic nitrogens is 1. The second-order valence-corrected chi connectivity index (χ2v) is 6.74. The fraction of sp³-hybridized carbons (Fsp3) is 0.500. The van der Waals surface area contributed by atoms with Gasteiger partial charge in [0.1, 0.15) is 5.82 Å². The van der Waals surface area contributed by atoms with Gasteiger partial charge in [-0.25, -0.2) is 4.98 Å². The first-order valence-electron chi connectivity index (χ1n) is 7.98. The smallest absolute Gasteiger partial charge is 0.314 e. The van der Waals surface area contributed by atoms with E-state index in [1.54, 1.807) is 25.1 Å². The second-order valence-electron chi connectivity index (χ2n) is 6.30. The lowest BCUT2D eigenvalue weighted by Gasteiger charge is -2.34. The minimum atomic E-state index is -0.825.